The third kappa shape index (κ3) is 3.54. The molecule has 26 heavy (non-hydrogen) atoms. The van der Waals surface area contributed by atoms with Crippen LogP contribution in [0.1, 0.15) is 40.3 Å². The third-order valence-electron chi connectivity index (χ3n) is 4.02. The summed E-state index contributed by atoms with van der Waals surface area (Å²) in [5.41, 5.74) is 13.3. The van der Waals surface area contributed by atoms with Crippen molar-refractivity contribution < 1.29 is 9.21 Å². The molecule has 136 valence electrons. The summed E-state index contributed by atoms with van der Waals surface area (Å²) in [6, 6.07) is 5.00. The largest absolute Gasteiger partial charge is 0.455 e. The van der Waals surface area contributed by atoms with Crippen molar-refractivity contribution in [3.05, 3.63) is 50.9 Å². The zero-order chi connectivity index (χ0) is 18.8. The molecule has 0 radical (unpaired) electrons. The number of carbonyl (C=O) groups excluding carboxylic acids is 1. The van der Waals surface area contributed by atoms with E-state index in [1.54, 1.807) is 25.1 Å². The first-order valence-corrected chi connectivity index (χ1v) is 8.67. The topological polar surface area (TPSA) is 119 Å². The number of anilines is 1. The summed E-state index contributed by atoms with van der Waals surface area (Å²) >= 11 is 12.1. The summed E-state index contributed by atoms with van der Waals surface area (Å²) in [5, 5.41) is 11.2. The summed E-state index contributed by atoms with van der Waals surface area (Å²) in [5.74, 6) is 0.354. The lowest BCUT2D eigenvalue weighted by Gasteiger charge is -2.11. The molecule has 0 bridgehead atoms. The highest BCUT2D eigenvalue weighted by atomic mass is 35.5. The number of aryl methyl sites for hydroxylation is 1. The number of furan rings is 1. The monoisotopic (exact) mass is 393 g/mol. The van der Waals surface area contributed by atoms with Crippen LogP contribution >= 0.6 is 23.2 Å². The van der Waals surface area contributed by atoms with E-state index in [0.717, 1.165) is 12.0 Å². The van der Waals surface area contributed by atoms with Gasteiger partial charge in [-0.3, -0.25) is 4.79 Å². The fourth-order valence-corrected chi connectivity index (χ4v) is 3.23. The zero-order valence-electron chi connectivity index (χ0n) is 14.0. The van der Waals surface area contributed by atoms with Gasteiger partial charge in [0.25, 0.3) is 5.91 Å². The van der Waals surface area contributed by atoms with E-state index < -0.39 is 5.91 Å². The molecule has 1 aromatic carbocycles. The Morgan fingerprint density at radius 2 is 2.04 bits per heavy atom. The number of guanidine groups is 1. The molecule has 7 nitrogen and oxygen atoms in total. The van der Waals surface area contributed by atoms with Crippen LogP contribution in [0, 0.1) is 6.92 Å². The third-order valence-corrected chi connectivity index (χ3v) is 4.84. The number of nitrogens with zero attached hydrogens (tertiary/aromatic N) is 2. The summed E-state index contributed by atoms with van der Waals surface area (Å²) in [4.78, 5) is 12.7. The van der Waals surface area contributed by atoms with Crippen LogP contribution in [0.2, 0.25) is 10.0 Å². The molecule has 0 unspecified atom stereocenters. The van der Waals surface area contributed by atoms with Crippen LogP contribution in [0.25, 0.3) is 0 Å². The maximum Gasteiger partial charge on any atom is 0.291 e. The van der Waals surface area contributed by atoms with Gasteiger partial charge in [0.15, 0.2) is 5.76 Å². The molecule has 3 rings (SSSR count). The molecular weight excluding hydrogens is 377 g/mol. The molecule has 0 saturated carbocycles. The molecule has 1 amide bonds. The van der Waals surface area contributed by atoms with E-state index in [-0.39, 0.29) is 16.7 Å². The molecule has 0 saturated heterocycles. The number of fused-ring (bicyclic) bond motifs is 1. The quantitative estimate of drug-likeness (QED) is 0.420. The van der Waals surface area contributed by atoms with Crippen molar-refractivity contribution >= 4 is 46.5 Å². The smallest absolute Gasteiger partial charge is 0.291 e. The molecule has 1 aliphatic carbocycles. The second-order valence-corrected chi connectivity index (χ2v) is 6.62. The standard InChI is InChI=1S/C17H17Cl2N5O2/c1-8-13-10(23-24-17(20)21)5-3-7-12(13)26-15(8)16(25)22-11-6-2-4-9(18)14(11)19/h2,4,6H,3,5,7H2,1H3,(H,22,25)(H4,20,21,24)/b23-10+. The van der Waals surface area contributed by atoms with Crippen molar-refractivity contribution in [3.8, 4) is 0 Å². The summed E-state index contributed by atoms with van der Waals surface area (Å²) in [6.07, 6.45) is 2.24. The van der Waals surface area contributed by atoms with Gasteiger partial charge in [-0.2, -0.15) is 5.10 Å². The summed E-state index contributed by atoms with van der Waals surface area (Å²) in [6.45, 7) is 1.80. The molecule has 0 spiro atoms. The van der Waals surface area contributed by atoms with Crippen LogP contribution < -0.4 is 16.8 Å². The van der Waals surface area contributed by atoms with Gasteiger partial charge >= 0.3 is 0 Å². The van der Waals surface area contributed by atoms with Crippen molar-refractivity contribution in [2.75, 3.05) is 5.32 Å². The van der Waals surface area contributed by atoms with Crippen LogP contribution in [-0.4, -0.2) is 17.6 Å². The first kappa shape index (κ1) is 18.3. The van der Waals surface area contributed by atoms with Gasteiger partial charge in [-0.25, -0.2) is 0 Å². The van der Waals surface area contributed by atoms with Gasteiger partial charge in [-0.05, 0) is 31.9 Å². The van der Waals surface area contributed by atoms with Crippen LogP contribution in [0.4, 0.5) is 5.69 Å². The molecule has 5 N–H and O–H groups in total. The summed E-state index contributed by atoms with van der Waals surface area (Å²) < 4.78 is 5.80. The molecule has 2 aromatic rings. The number of hydrogen-bond acceptors (Lipinski definition) is 4. The van der Waals surface area contributed by atoms with Gasteiger partial charge in [0, 0.05) is 17.5 Å². The van der Waals surface area contributed by atoms with E-state index in [4.69, 9.17) is 39.1 Å². The second-order valence-electron chi connectivity index (χ2n) is 5.83. The second kappa shape index (κ2) is 7.39. The van der Waals surface area contributed by atoms with Gasteiger partial charge in [-0.1, -0.05) is 29.3 Å². The van der Waals surface area contributed by atoms with Gasteiger partial charge in [0.1, 0.15) is 5.76 Å². The lowest BCUT2D eigenvalue weighted by atomic mass is 9.93. The predicted molar refractivity (Wildman–Crippen MR) is 103 cm³/mol. The number of carbonyl (C=O) groups is 1. The molecule has 0 aliphatic heterocycles. The van der Waals surface area contributed by atoms with Crippen molar-refractivity contribution in [3.63, 3.8) is 0 Å². The van der Waals surface area contributed by atoms with Gasteiger partial charge in [0.2, 0.25) is 5.96 Å². The lowest BCUT2D eigenvalue weighted by molar-refractivity contribution is 0.0994. The fraction of sp³-hybridized carbons (Fsp3) is 0.235. The molecule has 1 heterocycles. The van der Waals surface area contributed by atoms with Crippen LogP contribution in [-0.2, 0) is 6.42 Å². The molecule has 1 aromatic heterocycles. The Kier molecular flexibility index (Phi) is 5.20. The Hall–Kier alpha value is -2.51. The molecule has 0 fully saturated rings. The SMILES string of the molecule is Cc1c(C(=O)Nc2cccc(Cl)c2Cl)oc2c1/C(=N/N=C(N)N)CCC2. The van der Waals surface area contributed by atoms with E-state index in [0.29, 0.717) is 40.6 Å². The Morgan fingerprint density at radius 1 is 1.27 bits per heavy atom. The highest BCUT2D eigenvalue weighted by molar-refractivity contribution is 6.44. The first-order chi connectivity index (χ1) is 12.4. The first-order valence-electron chi connectivity index (χ1n) is 7.92. The average Bonchev–Trinajstić information content (AvgIpc) is 2.95. The van der Waals surface area contributed by atoms with Crippen molar-refractivity contribution in [2.45, 2.75) is 26.2 Å². The lowest BCUT2D eigenvalue weighted by Crippen LogP contribution is -2.22. The maximum absolute atomic E-state index is 12.7. The molecule has 0 atom stereocenters. The predicted octanol–water partition coefficient (Wildman–Crippen LogP) is 3.46. The number of hydrogen-bond donors (Lipinski definition) is 3. The number of amides is 1. The number of benzene rings is 1. The number of nitrogens with two attached hydrogens (primary N) is 2. The van der Waals surface area contributed by atoms with Crippen LogP contribution in [0.15, 0.2) is 32.8 Å². The van der Waals surface area contributed by atoms with Crippen LogP contribution in [0.3, 0.4) is 0 Å². The zero-order valence-corrected chi connectivity index (χ0v) is 15.5. The Morgan fingerprint density at radius 3 is 2.77 bits per heavy atom. The normalized spacial score (nSPS) is 14.8. The van der Waals surface area contributed by atoms with E-state index >= 15 is 0 Å². The minimum atomic E-state index is -0.415. The van der Waals surface area contributed by atoms with Crippen molar-refractivity contribution in [1.82, 2.24) is 0 Å². The van der Waals surface area contributed by atoms with Gasteiger partial charge < -0.3 is 21.2 Å². The number of halogens is 2. The summed E-state index contributed by atoms with van der Waals surface area (Å²) in [7, 11) is 0. The number of rotatable bonds is 3. The highest BCUT2D eigenvalue weighted by Crippen LogP contribution is 2.33. The number of nitrogens with one attached hydrogen (secondary N) is 1. The fourth-order valence-electron chi connectivity index (χ4n) is 2.88. The molecule has 1 aliphatic rings. The Bertz CT molecular complexity index is 929. The van der Waals surface area contributed by atoms with Gasteiger partial charge in [0.05, 0.1) is 21.4 Å². The molecule has 9 heteroatoms. The van der Waals surface area contributed by atoms with E-state index in [2.05, 4.69) is 15.5 Å². The van der Waals surface area contributed by atoms with E-state index in [1.165, 1.54) is 0 Å². The average molecular weight is 394 g/mol. The molecular formula is C17H17Cl2N5O2. The van der Waals surface area contributed by atoms with Crippen molar-refractivity contribution in [1.29, 1.82) is 0 Å². The maximum atomic E-state index is 12.7. The van der Waals surface area contributed by atoms with Crippen molar-refractivity contribution in [2.24, 2.45) is 21.7 Å². The highest BCUT2D eigenvalue weighted by Gasteiger charge is 2.28. The Labute approximate surface area is 160 Å². The van der Waals surface area contributed by atoms with E-state index in [1.807, 2.05) is 0 Å². The van der Waals surface area contributed by atoms with E-state index in [9.17, 15) is 4.79 Å². The minimum absolute atomic E-state index is 0.126. The van der Waals surface area contributed by atoms with Crippen LogP contribution in [0.5, 0.6) is 0 Å². The van der Waals surface area contributed by atoms with Gasteiger partial charge in [-0.15, -0.1) is 5.10 Å². The minimum Gasteiger partial charge on any atom is -0.455 e. The Balaban J connectivity index is 1.95.